The van der Waals surface area contributed by atoms with Gasteiger partial charge in [0, 0.05) is 18.7 Å². The molecule has 7 N–H and O–H groups in total. The van der Waals surface area contributed by atoms with Crippen molar-refractivity contribution in [3.05, 3.63) is 29.8 Å². The van der Waals surface area contributed by atoms with Crippen LogP contribution in [0.2, 0.25) is 0 Å². The second kappa shape index (κ2) is 12.8. The summed E-state index contributed by atoms with van der Waals surface area (Å²) in [6.45, 7) is 0.00154. The molecular formula is C20H32N2O8S2. The fraction of sp³-hybridized carbons (Fsp3) is 0.650. The van der Waals surface area contributed by atoms with E-state index in [0.717, 1.165) is 11.3 Å². The number of rotatable bonds is 12. The van der Waals surface area contributed by atoms with E-state index in [1.807, 2.05) is 0 Å². The second-order valence-corrected chi connectivity index (χ2v) is 10.4. The monoisotopic (exact) mass is 492 g/mol. The molecule has 1 aliphatic heterocycles. The van der Waals surface area contributed by atoms with Gasteiger partial charge in [-0.3, -0.25) is 4.79 Å². The smallest absolute Gasteiger partial charge is 0.238 e. The lowest BCUT2D eigenvalue weighted by Crippen LogP contribution is -2.58. The van der Waals surface area contributed by atoms with Crippen molar-refractivity contribution in [2.24, 2.45) is 5.14 Å². The molecule has 0 unspecified atom stereocenters. The number of aliphatic hydroxyl groups excluding tert-OH is 4. The molecule has 182 valence electrons. The zero-order valence-electron chi connectivity index (χ0n) is 17.7. The largest absolute Gasteiger partial charge is 0.394 e. The molecule has 12 heteroatoms. The van der Waals surface area contributed by atoms with Gasteiger partial charge in [-0.05, 0) is 42.7 Å². The first-order valence-electron chi connectivity index (χ1n) is 10.4. The lowest BCUT2D eigenvalue weighted by molar-refractivity contribution is -0.230. The van der Waals surface area contributed by atoms with Gasteiger partial charge in [-0.15, -0.1) is 0 Å². The van der Waals surface area contributed by atoms with E-state index < -0.39 is 47.2 Å². The van der Waals surface area contributed by atoms with Crippen molar-refractivity contribution in [1.82, 2.24) is 5.32 Å². The van der Waals surface area contributed by atoms with Crippen molar-refractivity contribution in [2.45, 2.75) is 61.1 Å². The Kier molecular flexibility index (Phi) is 10.8. The van der Waals surface area contributed by atoms with Gasteiger partial charge in [-0.25, -0.2) is 13.6 Å². The number of primary sulfonamides is 1. The minimum absolute atomic E-state index is 0.0499. The fourth-order valence-corrected chi connectivity index (χ4v) is 4.77. The number of carbonyl (C=O) groups is 1. The van der Waals surface area contributed by atoms with Crippen LogP contribution in [0.25, 0.3) is 0 Å². The standard InChI is InChI=1S/C20H32N2O8S2/c21-32(28,29)14-5-3-13(4-6-14)7-9-22-17(24)8-11-31-10-1-2-15-18(25)20(27)19(26)16(12-23)30-15/h3-6,15-16,18-20,23,25-27H,1-2,7-12H2,(H,22,24)(H2,21,28,29)/t15-,16+,18+,19+,20+/m0/s1. The second-order valence-electron chi connectivity index (χ2n) is 7.66. The van der Waals surface area contributed by atoms with E-state index in [-0.39, 0.29) is 10.8 Å². The third-order valence-corrected chi connectivity index (χ3v) is 7.23. The van der Waals surface area contributed by atoms with Crippen LogP contribution >= 0.6 is 11.8 Å². The molecule has 1 saturated heterocycles. The Labute approximate surface area is 192 Å². The molecule has 32 heavy (non-hydrogen) atoms. The van der Waals surface area contributed by atoms with Crippen LogP contribution in [0.3, 0.4) is 0 Å². The van der Waals surface area contributed by atoms with Gasteiger partial charge >= 0.3 is 0 Å². The molecule has 1 amide bonds. The van der Waals surface area contributed by atoms with Crippen molar-refractivity contribution in [3.8, 4) is 0 Å². The minimum Gasteiger partial charge on any atom is -0.394 e. The van der Waals surface area contributed by atoms with Gasteiger partial charge in [0.15, 0.2) is 0 Å². The molecule has 0 radical (unpaired) electrons. The highest BCUT2D eigenvalue weighted by atomic mass is 32.2. The fourth-order valence-electron chi connectivity index (χ4n) is 3.35. The van der Waals surface area contributed by atoms with Gasteiger partial charge < -0.3 is 30.5 Å². The first kappa shape index (κ1) is 27.0. The molecule has 1 heterocycles. The zero-order valence-corrected chi connectivity index (χ0v) is 19.3. The van der Waals surface area contributed by atoms with Crippen molar-refractivity contribution < 1.29 is 38.4 Å². The summed E-state index contributed by atoms with van der Waals surface area (Å²) in [7, 11) is -3.71. The van der Waals surface area contributed by atoms with Gasteiger partial charge in [0.25, 0.3) is 0 Å². The summed E-state index contributed by atoms with van der Waals surface area (Å²) >= 11 is 1.58. The topological polar surface area (TPSA) is 179 Å². The summed E-state index contributed by atoms with van der Waals surface area (Å²) in [6.07, 6.45) is -3.38. The summed E-state index contributed by atoms with van der Waals surface area (Å²) in [5.74, 6) is 1.29. The van der Waals surface area contributed by atoms with Crippen LogP contribution in [0.1, 0.15) is 24.8 Å². The Morgan fingerprint density at radius 1 is 1.06 bits per heavy atom. The highest BCUT2D eigenvalue weighted by molar-refractivity contribution is 7.99. The van der Waals surface area contributed by atoms with E-state index in [0.29, 0.717) is 38.0 Å². The van der Waals surface area contributed by atoms with E-state index in [2.05, 4.69) is 5.32 Å². The van der Waals surface area contributed by atoms with E-state index in [1.54, 1.807) is 23.9 Å². The summed E-state index contributed by atoms with van der Waals surface area (Å²) in [5.41, 5.74) is 0.889. The normalized spacial score (nSPS) is 26.1. The molecule has 0 aromatic heterocycles. The third kappa shape index (κ3) is 8.27. The average molecular weight is 493 g/mol. The number of hydrogen-bond donors (Lipinski definition) is 6. The lowest BCUT2D eigenvalue weighted by atomic mass is 9.93. The summed E-state index contributed by atoms with van der Waals surface area (Å²) in [6, 6.07) is 6.20. The van der Waals surface area contributed by atoms with Crippen LogP contribution in [0, 0.1) is 0 Å². The van der Waals surface area contributed by atoms with Gasteiger partial charge in [-0.1, -0.05) is 12.1 Å². The van der Waals surface area contributed by atoms with Crippen LogP contribution in [-0.4, -0.2) is 89.9 Å². The molecule has 1 aliphatic rings. The number of carbonyl (C=O) groups excluding carboxylic acids is 1. The molecule has 10 nitrogen and oxygen atoms in total. The quantitative estimate of drug-likeness (QED) is 0.194. The molecule has 2 rings (SSSR count). The van der Waals surface area contributed by atoms with E-state index in [1.165, 1.54) is 12.1 Å². The van der Waals surface area contributed by atoms with Gasteiger partial charge in [0.05, 0.1) is 17.6 Å². The van der Waals surface area contributed by atoms with Crippen LogP contribution < -0.4 is 10.5 Å². The van der Waals surface area contributed by atoms with Crippen LogP contribution in [0.5, 0.6) is 0 Å². The maximum atomic E-state index is 11.9. The maximum absolute atomic E-state index is 11.9. The first-order chi connectivity index (χ1) is 15.1. The summed E-state index contributed by atoms with van der Waals surface area (Å²) in [5, 5.41) is 46.6. The van der Waals surface area contributed by atoms with Crippen molar-refractivity contribution in [2.75, 3.05) is 24.7 Å². The molecule has 0 bridgehead atoms. The van der Waals surface area contributed by atoms with Gasteiger partial charge in [0.2, 0.25) is 15.9 Å². The Balaban J connectivity index is 1.56. The number of nitrogens with one attached hydrogen (secondary N) is 1. The Hall–Kier alpha value is -1.25. The van der Waals surface area contributed by atoms with Crippen LogP contribution in [-0.2, 0) is 26.0 Å². The van der Waals surface area contributed by atoms with E-state index in [4.69, 9.17) is 9.88 Å². The molecule has 1 aromatic rings. The minimum atomic E-state index is -3.71. The summed E-state index contributed by atoms with van der Waals surface area (Å²) < 4.78 is 27.9. The Morgan fingerprint density at radius 2 is 1.72 bits per heavy atom. The number of benzene rings is 1. The SMILES string of the molecule is NS(=O)(=O)c1ccc(CCNC(=O)CCSCCC[C@@H]2O[C@H](CO)[C@@H](O)[C@H](O)[C@@H]2O)cc1. The number of sulfonamides is 1. The zero-order chi connectivity index (χ0) is 23.7. The number of hydrogen-bond acceptors (Lipinski definition) is 9. The summed E-state index contributed by atoms with van der Waals surface area (Å²) in [4.78, 5) is 12.0. The Bertz CT molecular complexity index is 819. The van der Waals surface area contributed by atoms with Crippen molar-refractivity contribution in [3.63, 3.8) is 0 Å². The maximum Gasteiger partial charge on any atom is 0.238 e. The highest BCUT2D eigenvalue weighted by Crippen LogP contribution is 2.24. The number of nitrogens with two attached hydrogens (primary N) is 1. The van der Waals surface area contributed by atoms with Crippen molar-refractivity contribution in [1.29, 1.82) is 0 Å². The van der Waals surface area contributed by atoms with E-state index in [9.17, 15) is 33.6 Å². The highest BCUT2D eigenvalue weighted by Gasteiger charge is 2.42. The Morgan fingerprint density at radius 3 is 2.34 bits per heavy atom. The number of thioether (sulfide) groups is 1. The first-order valence-corrected chi connectivity index (χ1v) is 13.1. The third-order valence-electron chi connectivity index (χ3n) is 5.23. The molecule has 1 fully saturated rings. The predicted octanol–water partition coefficient (Wildman–Crippen LogP) is -1.26. The predicted molar refractivity (Wildman–Crippen MR) is 119 cm³/mol. The van der Waals surface area contributed by atoms with E-state index >= 15 is 0 Å². The molecular weight excluding hydrogens is 460 g/mol. The lowest BCUT2D eigenvalue weighted by Gasteiger charge is -2.40. The number of amides is 1. The molecule has 0 saturated carbocycles. The molecule has 1 aromatic carbocycles. The molecule has 0 spiro atoms. The number of ether oxygens (including phenoxy) is 1. The van der Waals surface area contributed by atoms with Crippen LogP contribution in [0.15, 0.2) is 29.2 Å². The van der Waals surface area contributed by atoms with Gasteiger partial charge in [-0.2, -0.15) is 11.8 Å². The van der Waals surface area contributed by atoms with Crippen LogP contribution in [0.4, 0.5) is 0 Å². The average Bonchev–Trinajstić information content (AvgIpc) is 2.75. The molecule has 5 atom stereocenters. The van der Waals surface area contributed by atoms with Crippen molar-refractivity contribution >= 4 is 27.7 Å². The molecule has 0 aliphatic carbocycles. The van der Waals surface area contributed by atoms with Gasteiger partial charge in [0.1, 0.15) is 24.4 Å². The number of aliphatic hydroxyl groups is 4.